The van der Waals surface area contributed by atoms with Crippen LogP contribution in [0.4, 0.5) is 0 Å². The van der Waals surface area contributed by atoms with Gasteiger partial charge in [-0.05, 0) is 31.0 Å². The molecule has 0 bridgehead atoms. The molecule has 1 N–H and O–H groups in total. The minimum Gasteiger partial charge on any atom is -0.408 e. The second kappa shape index (κ2) is 4.10. The van der Waals surface area contributed by atoms with Crippen LogP contribution in [0.3, 0.4) is 0 Å². The molecule has 0 atom stereocenters. The smallest absolute Gasteiger partial charge is 0.408 e. The first-order valence-electron chi connectivity index (χ1n) is 6.01. The Labute approximate surface area is 103 Å². The molecular weight excluding hydrogens is 232 g/mol. The normalized spacial score (nSPS) is 15.2. The molecule has 0 radical (unpaired) electrons. The molecule has 0 unspecified atom stereocenters. The fourth-order valence-electron chi connectivity index (χ4n) is 1.93. The lowest BCUT2D eigenvalue weighted by molar-refractivity contribution is 0.0990. The lowest BCUT2D eigenvalue weighted by Crippen LogP contribution is -2.24. The summed E-state index contributed by atoms with van der Waals surface area (Å²) in [6, 6.07) is 5.58. The van der Waals surface area contributed by atoms with E-state index < -0.39 is 5.76 Å². The molecule has 1 fully saturated rings. The Balaban J connectivity index is 1.89. The number of fused-ring (bicyclic) bond motifs is 1. The second-order valence-electron chi connectivity index (χ2n) is 4.69. The molecule has 5 heteroatoms. The Morgan fingerprint density at radius 3 is 3.00 bits per heavy atom. The number of aryl methyl sites for hydroxylation is 1. The molecule has 1 aliphatic carbocycles. The van der Waals surface area contributed by atoms with Crippen LogP contribution in [0.15, 0.2) is 27.4 Å². The number of rotatable bonds is 4. The zero-order valence-electron chi connectivity index (χ0n) is 10.1. The molecule has 1 saturated carbocycles. The Morgan fingerprint density at radius 1 is 1.50 bits per heavy atom. The predicted molar refractivity (Wildman–Crippen MR) is 66.8 cm³/mol. The molecule has 0 aliphatic heterocycles. The summed E-state index contributed by atoms with van der Waals surface area (Å²) in [5.41, 5.74) is 1.76. The number of Topliss-reactive ketones (excluding diaryl/α,β-unsaturated/α-hetero) is 1. The average molecular weight is 246 g/mol. The zero-order chi connectivity index (χ0) is 12.7. The number of nitrogens with one attached hydrogen (secondary N) is 1. The summed E-state index contributed by atoms with van der Waals surface area (Å²) in [5.74, 6) is -0.372. The third kappa shape index (κ3) is 1.97. The third-order valence-electron chi connectivity index (χ3n) is 3.24. The standard InChI is InChI=1S/C13H14N2O3/c1-15-10-6-8(2-5-12(10)18-13(15)17)11(16)7-14-9-3-4-9/h2,5-6,9,14H,3-4,7H2,1H3. The van der Waals surface area contributed by atoms with E-state index in [2.05, 4.69) is 5.32 Å². The molecule has 3 rings (SSSR count). The highest BCUT2D eigenvalue weighted by Crippen LogP contribution is 2.19. The monoisotopic (exact) mass is 246 g/mol. The van der Waals surface area contributed by atoms with Crippen molar-refractivity contribution in [1.82, 2.24) is 9.88 Å². The molecule has 94 valence electrons. The maximum absolute atomic E-state index is 12.0. The van der Waals surface area contributed by atoms with Crippen LogP contribution in [-0.2, 0) is 7.05 Å². The summed E-state index contributed by atoms with van der Waals surface area (Å²) in [7, 11) is 1.63. The van der Waals surface area contributed by atoms with Crippen molar-refractivity contribution >= 4 is 16.9 Å². The van der Waals surface area contributed by atoms with Crippen LogP contribution in [0.25, 0.3) is 11.1 Å². The van der Waals surface area contributed by atoms with Crippen LogP contribution >= 0.6 is 0 Å². The van der Waals surface area contributed by atoms with Crippen LogP contribution < -0.4 is 11.1 Å². The zero-order valence-corrected chi connectivity index (χ0v) is 10.1. The molecule has 1 aromatic heterocycles. The van der Waals surface area contributed by atoms with Gasteiger partial charge in [-0.15, -0.1) is 0 Å². The molecular formula is C13H14N2O3. The number of carbonyl (C=O) groups excluding carboxylic acids is 1. The highest BCUT2D eigenvalue weighted by Gasteiger charge is 2.21. The number of hydrogen-bond acceptors (Lipinski definition) is 4. The minimum atomic E-state index is -0.411. The number of ketones is 1. The van der Waals surface area contributed by atoms with Gasteiger partial charge in [-0.25, -0.2) is 4.79 Å². The second-order valence-corrected chi connectivity index (χ2v) is 4.69. The number of nitrogens with zero attached hydrogens (tertiary/aromatic N) is 1. The van der Waals surface area contributed by atoms with Crippen molar-refractivity contribution in [3.63, 3.8) is 0 Å². The maximum Gasteiger partial charge on any atom is 0.419 e. The molecule has 0 spiro atoms. The lowest BCUT2D eigenvalue weighted by Gasteiger charge is -2.02. The lowest BCUT2D eigenvalue weighted by atomic mass is 10.1. The summed E-state index contributed by atoms with van der Waals surface area (Å²) in [6.45, 7) is 0.349. The number of carbonyl (C=O) groups is 1. The van der Waals surface area contributed by atoms with Gasteiger partial charge in [-0.1, -0.05) is 0 Å². The van der Waals surface area contributed by atoms with Crippen LogP contribution in [-0.4, -0.2) is 22.9 Å². The van der Waals surface area contributed by atoms with E-state index >= 15 is 0 Å². The van der Waals surface area contributed by atoms with Gasteiger partial charge in [0, 0.05) is 18.7 Å². The van der Waals surface area contributed by atoms with Gasteiger partial charge in [0.2, 0.25) is 0 Å². The summed E-state index contributed by atoms with van der Waals surface area (Å²) in [6.07, 6.45) is 2.31. The van der Waals surface area contributed by atoms with Gasteiger partial charge in [0.15, 0.2) is 11.4 Å². The Kier molecular flexibility index (Phi) is 2.56. The highest BCUT2D eigenvalue weighted by atomic mass is 16.4. The first kappa shape index (κ1) is 11.2. The van der Waals surface area contributed by atoms with Gasteiger partial charge in [0.25, 0.3) is 0 Å². The van der Waals surface area contributed by atoms with Crippen molar-refractivity contribution in [3.05, 3.63) is 34.3 Å². The molecule has 1 heterocycles. The van der Waals surface area contributed by atoms with Crippen LogP contribution in [0.5, 0.6) is 0 Å². The molecule has 2 aromatic rings. The summed E-state index contributed by atoms with van der Waals surface area (Å²) < 4.78 is 6.43. The van der Waals surface area contributed by atoms with Gasteiger partial charge >= 0.3 is 5.76 Å². The average Bonchev–Trinajstić information content (AvgIpc) is 3.15. The maximum atomic E-state index is 12.0. The Morgan fingerprint density at radius 2 is 2.28 bits per heavy atom. The van der Waals surface area contributed by atoms with E-state index in [1.807, 2.05) is 0 Å². The van der Waals surface area contributed by atoms with E-state index in [0.29, 0.717) is 29.2 Å². The van der Waals surface area contributed by atoms with Gasteiger partial charge in [-0.3, -0.25) is 9.36 Å². The van der Waals surface area contributed by atoms with E-state index in [0.717, 1.165) is 12.8 Å². The largest absolute Gasteiger partial charge is 0.419 e. The van der Waals surface area contributed by atoms with Gasteiger partial charge in [0.05, 0.1) is 12.1 Å². The first-order chi connectivity index (χ1) is 8.65. The molecule has 5 nitrogen and oxygen atoms in total. The van der Waals surface area contributed by atoms with Crippen molar-refractivity contribution in [2.45, 2.75) is 18.9 Å². The number of hydrogen-bond donors (Lipinski definition) is 1. The third-order valence-corrected chi connectivity index (χ3v) is 3.24. The first-order valence-corrected chi connectivity index (χ1v) is 6.01. The van der Waals surface area contributed by atoms with Gasteiger partial charge < -0.3 is 9.73 Å². The summed E-state index contributed by atoms with van der Waals surface area (Å²) in [5, 5.41) is 3.18. The fourth-order valence-corrected chi connectivity index (χ4v) is 1.93. The number of oxazole rings is 1. The fraction of sp³-hybridized carbons (Fsp3) is 0.385. The quantitative estimate of drug-likeness (QED) is 0.819. The van der Waals surface area contributed by atoms with Crippen molar-refractivity contribution < 1.29 is 9.21 Å². The minimum absolute atomic E-state index is 0.0393. The SMILES string of the molecule is Cn1c(=O)oc2ccc(C(=O)CNC3CC3)cc21. The predicted octanol–water partition coefficient (Wildman–Crippen LogP) is 1.07. The molecule has 0 saturated heterocycles. The van der Waals surface area contributed by atoms with Crippen molar-refractivity contribution in [1.29, 1.82) is 0 Å². The molecule has 0 amide bonds. The van der Waals surface area contributed by atoms with E-state index in [9.17, 15) is 9.59 Å². The van der Waals surface area contributed by atoms with Crippen molar-refractivity contribution in [2.75, 3.05) is 6.54 Å². The van der Waals surface area contributed by atoms with Gasteiger partial charge in [0.1, 0.15) is 0 Å². The topological polar surface area (TPSA) is 64.2 Å². The number of benzene rings is 1. The van der Waals surface area contributed by atoms with Crippen LogP contribution in [0.1, 0.15) is 23.2 Å². The summed E-state index contributed by atoms with van der Waals surface area (Å²) in [4.78, 5) is 23.3. The van der Waals surface area contributed by atoms with Gasteiger partial charge in [-0.2, -0.15) is 0 Å². The molecule has 18 heavy (non-hydrogen) atoms. The highest BCUT2D eigenvalue weighted by molar-refractivity contribution is 6.00. The van der Waals surface area contributed by atoms with E-state index in [-0.39, 0.29) is 5.78 Å². The van der Waals surface area contributed by atoms with E-state index in [1.165, 1.54) is 4.57 Å². The summed E-state index contributed by atoms with van der Waals surface area (Å²) >= 11 is 0. The molecule has 1 aromatic carbocycles. The molecule has 1 aliphatic rings. The van der Waals surface area contributed by atoms with E-state index in [1.54, 1.807) is 25.2 Å². The Hall–Kier alpha value is -1.88. The Bertz CT molecular complexity index is 664. The number of aromatic nitrogens is 1. The van der Waals surface area contributed by atoms with Crippen LogP contribution in [0, 0.1) is 0 Å². The van der Waals surface area contributed by atoms with Crippen LogP contribution in [0.2, 0.25) is 0 Å². The van der Waals surface area contributed by atoms with Crippen molar-refractivity contribution in [2.24, 2.45) is 7.05 Å². The van der Waals surface area contributed by atoms with E-state index in [4.69, 9.17) is 4.42 Å². The van der Waals surface area contributed by atoms with Crippen molar-refractivity contribution in [3.8, 4) is 0 Å².